The molecule has 0 spiro atoms. The van der Waals surface area contributed by atoms with Crippen molar-refractivity contribution in [2.45, 2.75) is 90.9 Å². The van der Waals surface area contributed by atoms with Crippen LogP contribution in [0.25, 0.3) is 0 Å². The molecule has 0 atom stereocenters. The number of carbonyl (C=O) groups is 2. The molecular formula is C47H85NO15. The summed E-state index contributed by atoms with van der Waals surface area (Å²) in [6.07, 6.45) is 13.8. The van der Waals surface area contributed by atoms with Crippen LogP contribution < -0.4 is 5.32 Å². The standard InChI is InChI=1S/C47H85NO15/c1-3-5-7-8-9-10-11-12-13-14-46(49)62-42-40-60-38-36-58-34-32-56-30-28-54-26-24-52-22-20-51-21-23-53-25-27-55-29-31-57-33-35-59-37-39-61-41-43-63-47(50)44-15-17-45(18-16-44)48-19-6-4-2/h15-18,48H,3-14,19-43H2,1-2H3. The van der Waals surface area contributed by atoms with Gasteiger partial charge in [0.25, 0.3) is 0 Å². The number of ether oxygens (including phenoxy) is 13. The molecule has 1 aromatic carbocycles. The minimum atomic E-state index is -0.364. The summed E-state index contributed by atoms with van der Waals surface area (Å²) < 4.78 is 70.9. The van der Waals surface area contributed by atoms with E-state index < -0.39 is 0 Å². The van der Waals surface area contributed by atoms with Crippen LogP contribution in [0, 0.1) is 0 Å². The van der Waals surface area contributed by atoms with Gasteiger partial charge in [0.15, 0.2) is 0 Å². The van der Waals surface area contributed by atoms with Gasteiger partial charge in [-0.15, -0.1) is 0 Å². The lowest BCUT2D eigenvalue weighted by Gasteiger charge is -2.09. The summed E-state index contributed by atoms with van der Waals surface area (Å²) in [4.78, 5) is 24.0. The molecule has 1 N–H and O–H groups in total. The number of benzene rings is 1. The molecule has 0 heterocycles. The highest BCUT2D eigenvalue weighted by Gasteiger charge is 2.07. The smallest absolute Gasteiger partial charge is 0.338 e. The first-order chi connectivity index (χ1) is 31.2. The summed E-state index contributed by atoms with van der Waals surface area (Å²) >= 11 is 0. The fourth-order valence-corrected chi connectivity index (χ4v) is 5.58. The third-order valence-electron chi connectivity index (χ3n) is 9.14. The van der Waals surface area contributed by atoms with E-state index >= 15 is 0 Å². The zero-order valence-electron chi connectivity index (χ0n) is 39.1. The summed E-state index contributed by atoms with van der Waals surface area (Å²) in [5.74, 6) is -0.506. The normalized spacial score (nSPS) is 11.3. The highest BCUT2D eigenvalue weighted by molar-refractivity contribution is 5.89. The molecule has 0 saturated carbocycles. The van der Waals surface area contributed by atoms with Gasteiger partial charge in [-0.1, -0.05) is 71.6 Å². The molecule has 0 aromatic heterocycles. The van der Waals surface area contributed by atoms with Crippen LogP contribution in [-0.2, 0) is 66.4 Å². The first-order valence-corrected chi connectivity index (χ1v) is 23.7. The highest BCUT2D eigenvalue weighted by Crippen LogP contribution is 2.12. The van der Waals surface area contributed by atoms with Crippen molar-refractivity contribution >= 4 is 17.6 Å². The van der Waals surface area contributed by atoms with E-state index in [1.54, 1.807) is 12.1 Å². The summed E-state index contributed by atoms with van der Waals surface area (Å²) in [5, 5.41) is 3.32. The predicted octanol–water partition coefficient (Wildman–Crippen LogP) is 6.70. The monoisotopic (exact) mass is 904 g/mol. The number of hydrogen-bond acceptors (Lipinski definition) is 16. The Morgan fingerprint density at radius 2 is 0.667 bits per heavy atom. The lowest BCUT2D eigenvalue weighted by molar-refractivity contribution is -0.145. The Labute approximate surface area is 379 Å². The van der Waals surface area contributed by atoms with Gasteiger partial charge in [-0.25, -0.2) is 4.79 Å². The zero-order valence-corrected chi connectivity index (χ0v) is 39.1. The molecule has 0 aliphatic carbocycles. The number of hydrogen-bond donors (Lipinski definition) is 1. The molecule has 63 heavy (non-hydrogen) atoms. The molecule has 0 saturated heterocycles. The van der Waals surface area contributed by atoms with E-state index in [9.17, 15) is 9.59 Å². The van der Waals surface area contributed by atoms with E-state index in [4.69, 9.17) is 61.6 Å². The van der Waals surface area contributed by atoms with Crippen LogP contribution in [0.2, 0.25) is 0 Å². The molecule has 0 radical (unpaired) electrons. The number of unbranched alkanes of at least 4 members (excludes halogenated alkanes) is 9. The minimum absolute atomic E-state index is 0.141. The molecule has 16 nitrogen and oxygen atoms in total. The first kappa shape index (κ1) is 58.5. The fraction of sp³-hybridized carbons (Fsp3) is 0.830. The molecule has 1 rings (SSSR count). The maximum absolute atomic E-state index is 12.2. The molecule has 0 unspecified atom stereocenters. The Bertz CT molecular complexity index is 1100. The van der Waals surface area contributed by atoms with Crippen LogP contribution in [-0.4, -0.2) is 177 Å². The van der Waals surface area contributed by atoms with Gasteiger partial charge < -0.3 is 66.9 Å². The van der Waals surface area contributed by atoms with Gasteiger partial charge in [0.2, 0.25) is 0 Å². The van der Waals surface area contributed by atoms with Crippen molar-refractivity contribution in [2.75, 3.05) is 170 Å². The molecule has 0 aliphatic rings. The minimum Gasteiger partial charge on any atom is -0.463 e. The highest BCUT2D eigenvalue weighted by atomic mass is 16.6. The fourth-order valence-electron chi connectivity index (χ4n) is 5.58. The average molecular weight is 904 g/mol. The Morgan fingerprint density at radius 1 is 0.365 bits per heavy atom. The van der Waals surface area contributed by atoms with Crippen molar-refractivity contribution in [1.82, 2.24) is 0 Å². The van der Waals surface area contributed by atoms with E-state index in [1.807, 2.05) is 12.1 Å². The second kappa shape index (κ2) is 49.0. The Kier molecular flexibility index (Phi) is 45.5. The molecule has 368 valence electrons. The predicted molar refractivity (Wildman–Crippen MR) is 242 cm³/mol. The Hall–Kier alpha value is -2.48. The van der Waals surface area contributed by atoms with Crippen LogP contribution in [0.3, 0.4) is 0 Å². The quantitative estimate of drug-likeness (QED) is 0.0542. The molecule has 0 bridgehead atoms. The van der Waals surface area contributed by atoms with Crippen LogP contribution >= 0.6 is 0 Å². The Balaban J connectivity index is 1.67. The second-order valence-electron chi connectivity index (χ2n) is 14.5. The third kappa shape index (κ3) is 43.2. The number of esters is 2. The van der Waals surface area contributed by atoms with Crippen molar-refractivity contribution in [1.29, 1.82) is 0 Å². The third-order valence-corrected chi connectivity index (χ3v) is 9.14. The average Bonchev–Trinajstić information content (AvgIpc) is 3.29. The lowest BCUT2D eigenvalue weighted by Crippen LogP contribution is -2.16. The van der Waals surface area contributed by atoms with Gasteiger partial charge in [-0.3, -0.25) is 4.79 Å². The maximum atomic E-state index is 12.2. The summed E-state index contributed by atoms with van der Waals surface area (Å²) in [7, 11) is 0. The largest absolute Gasteiger partial charge is 0.463 e. The van der Waals surface area contributed by atoms with Crippen molar-refractivity contribution in [3.8, 4) is 0 Å². The van der Waals surface area contributed by atoms with Crippen LogP contribution in [0.15, 0.2) is 24.3 Å². The number of rotatable bonds is 51. The summed E-state index contributed by atoms with van der Waals surface area (Å²) in [6.45, 7) is 15.9. The van der Waals surface area contributed by atoms with Gasteiger partial charge in [0.05, 0.1) is 151 Å². The van der Waals surface area contributed by atoms with Crippen molar-refractivity contribution in [2.24, 2.45) is 0 Å². The number of carbonyl (C=O) groups excluding carboxylic acids is 2. The molecular weight excluding hydrogens is 819 g/mol. The van der Waals surface area contributed by atoms with Gasteiger partial charge in [-0.2, -0.15) is 0 Å². The van der Waals surface area contributed by atoms with E-state index in [2.05, 4.69) is 19.2 Å². The topological polar surface area (TPSA) is 166 Å². The summed E-state index contributed by atoms with van der Waals surface area (Å²) in [5.41, 5.74) is 1.51. The molecule has 16 heteroatoms. The SMILES string of the molecule is CCCCCCCCCCCC(=O)OCCOCCOCCOCCOCCOCCOCCOCCOCCOCCOCCOCCOC(=O)c1ccc(NCCCC)cc1. The van der Waals surface area contributed by atoms with Crippen molar-refractivity contribution in [3.05, 3.63) is 29.8 Å². The summed E-state index contributed by atoms with van der Waals surface area (Å²) in [6, 6.07) is 7.29. The molecule has 1 aromatic rings. The van der Waals surface area contributed by atoms with Crippen molar-refractivity contribution < 1.29 is 71.2 Å². The number of anilines is 1. The number of nitrogens with one attached hydrogen (secondary N) is 1. The van der Waals surface area contributed by atoms with Crippen molar-refractivity contribution in [3.63, 3.8) is 0 Å². The van der Waals surface area contributed by atoms with Gasteiger partial charge >= 0.3 is 11.9 Å². The van der Waals surface area contributed by atoms with Crippen LogP contribution in [0.1, 0.15) is 101 Å². The second-order valence-corrected chi connectivity index (χ2v) is 14.5. The van der Waals surface area contributed by atoms with Gasteiger partial charge in [0.1, 0.15) is 13.2 Å². The zero-order chi connectivity index (χ0) is 45.2. The van der Waals surface area contributed by atoms with Gasteiger partial charge in [0, 0.05) is 18.7 Å². The van der Waals surface area contributed by atoms with Gasteiger partial charge in [-0.05, 0) is 37.1 Å². The van der Waals surface area contributed by atoms with E-state index in [0.717, 1.165) is 37.9 Å². The lowest BCUT2D eigenvalue weighted by atomic mass is 10.1. The Morgan fingerprint density at radius 3 is 1.02 bits per heavy atom. The molecule has 0 amide bonds. The first-order valence-electron chi connectivity index (χ1n) is 23.7. The van der Waals surface area contributed by atoms with Crippen LogP contribution in [0.5, 0.6) is 0 Å². The van der Waals surface area contributed by atoms with E-state index in [-0.39, 0.29) is 25.2 Å². The van der Waals surface area contributed by atoms with E-state index in [0.29, 0.717) is 157 Å². The maximum Gasteiger partial charge on any atom is 0.338 e. The molecule has 0 aliphatic heterocycles. The molecule has 0 fully saturated rings. The van der Waals surface area contributed by atoms with Crippen LogP contribution in [0.4, 0.5) is 5.69 Å². The van der Waals surface area contributed by atoms with E-state index in [1.165, 1.54) is 44.9 Å².